The summed E-state index contributed by atoms with van der Waals surface area (Å²) in [6, 6.07) is 0. The second-order valence-electron chi connectivity index (χ2n) is 4.12. The van der Waals surface area contributed by atoms with E-state index in [2.05, 4.69) is 31.7 Å². The van der Waals surface area contributed by atoms with E-state index >= 15 is 0 Å². The molecule has 0 saturated carbocycles. The van der Waals surface area contributed by atoms with Crippen molar-refractivity contribution in [2.24, 2.45) is 0 Å². The lowest BCUT2D eigenvalue weighted by Crippen LogP contribution is -1.98. The summed E-state index contributed by atoms with van der Waals surface area (Å²) >= 11 is 0. The van der Waals surface area contributed by atoms with Gasteiger partial charge < -0.3 is 4.57 Å². The molecule has 0 aliphatic heterocycles. The Morgan fingerprint density at radius 2 is 2.00 bits per heavy atom. The fraction of sp³-hybridized carbons (Fsp3) is 0.455. The second-order valence-corrected chi connectivity index (χ2v) is 4.12. The van der Waals surface area contributed by atoms with Gasteiger partial charge in [0.25, 0.3) is 0 Å². The molecular formula is C11H14N6. The fourth-order valence-electron chi connectivity index (χ4n) is 1.98. The minimum Gasteiger partial charge on any atom is -0.315 e. The van der Waals surface area contributed by atoms with Crippen LogP contribution >= 0.6 is 0 Å². The number of nitrogens with zero attached hydrogens (tertiary/aromatic N) is 6. The first-order valence-corrected chi connectivity index (χ1v) is 5.89. The summed E-state index contributed by atoms with van der Waals surface area (Å²) in [5, 5.41) is 7.91. The number of aromatic nitrogens is 6. The fourth-order valence-corrected chi connectivity index (χ4v) is 1.98. The van der Waals surface area contributed by atoms with Crippen LogP contribution in [0.3, 0.4) is 0 Å². The third-order valence-corrected chi connectivity index (χ3v) is 2.90. The van der Waals surface area contributed by atoms with Crippen molar-refractivity contribution in [1.29, 1.82) is 0 Å². The largest absolute Gasteiger partial charge is 0.315 e. The summed E-state index contributed by atoms with van der Waals surface area (Å²) in [6.07, 6.45) is 8.80. The van der Waals surface area contributed by atoms with Crippen LogP contribution < -0.4 is 0 Å². The third kappa shape index (κ3) is 1.65. The van der Waals surface area contributed by atoms with E-state index in [1.165, 1.54) is 12.8 Å². The first-order chi connectivity index (χ1) is 8.40. The number of unbranched alkanes of at least 4 members (excludes halogenated alkanes) is 2. The molecule has 0 saturated heterocycles. The summed E-state index contributed by atoms with van der Waals surface area (Å²) in [5.74, 6) is 0. The lowest BCUT2D eigenvalue weighted by molar-refractivity contribution is 0.610. The van der Waals surface area contributed by atoms with E-state index in [0.29, 0.717) is 0 Å². The first-order valence-electron chi connectivity index (χ1n) is 5.89. The maximum atomic E-state index is 4.40. The monoisotopic (exact) mass is 230 g/mol. The smallest absolute Gasteiger partial charge is 0.191 e. The van der Waals surface area contributed by atoms with Crippen molar-refractivity contribution in [3.63, 3.8) is 0 Å². The molecule has 0 bridgehead atoms. The van der Waals surface area contributed by atoms with Crippen LogP contribution in [0, 0.1) is 0 Å². The molecule has 3 aromatic heterocycles. The minimum absolute atomic E-state index is 0.768. The topological polar surface area (TPSA) is 60.9 Å². The van der Waals surface area contributed by atoms with Gasteiger partial charge in [0.1, 0.15) is 12.7 Å². The highest BCUT2D eigenvalue weighted by Gasteiger charge is 2.09. The van der Waals surface area contributed by atoms with E-state index in [9.17, 15) is 0 Å². The van der Waals surface area contributed by atoms with Crippen LogP contribution in [0.25, 0.3) is 16.8 Å². The number of aryl methyl sites for hydroxylation is 1. The van der Waals surface area contributed by atoms with Gasteiger partial charge in [0.2, 0.25) is 0 Å². The Bertz CT molecular complexity index is 638. The number of fused-ring (bicyclic) bond motifs is 3. The molecule has 0 unspecified atom stereocenters. The molecule has 0 fully saturated rings. The molecule has 0 N–H and O–H groups in total. The highest BCUT2D eigenvalue weighted by atomic mass is 15.3. The lowest BCUT2D eigenvalue weighted by atomic mass is 10.2. The van der Waals surface area contributed by atoms with Crippen molar-refractivity contribution in [3.8, 4) is 0 Å². The summed E-state index contributed by atoms with van der Waals surface area (Å²) in [6.45, 7) is 3.16. The molecule has 0 spiro atoms. The van der Waals surface area contributed by atoms with Crippen LogP contribution in [0.15, 0.2) is 19.0 Å². The third-order valence-electron chi connectivity index (χ3n) is 2.90. The average Bonchev–Trinajstić information content (AvgIpc) is 2.94. The van der Waals surface area contributed by atoms with Crippen LogP contribution in [0.2, 0.25) is 0 Å². The van der Waals surface area contributed by atoms with Gasteiger partial charge in [-0.2, -0.15) is 0 Å². The Balaban J connectivity index is 2.03. The van der Waals surface area contributed by atoms with Gasteiger partial charge in [-0.05, 0) is 6.42 Å². The van der Waals surface area contributed by atoms with Gasteiger partial charge in [-0.25, -0.2) is 9.97 Å². The molecule has 3 heterocycles. The van der Waals surface area contributed by atoms with Crippen LogP contribution in [0.5, 0.6) is 0 Å². The first kappa shape index (κ1) is 10.2. The van der Waals surface area contributed by atoms with Gasteiger partial charge in [0.05, 0.1) is 6.33 Å². The average molecular weight is 230 g/mol. The zero-order valence-corrected chi connectivity index (χ0v) is 9.74. The van der Waals surface area contributed by atoms with Gasteiger partial charge in [-0.15, -0.1) is 10.2 Å². The van der Waals surface area contributed by atoms with Crippen molar-refractivity contribution in [1.82, 2.24) is 29.1 Å². The molecule has 0 radical (unpaired) electrons. The molecule has 0 aromatic carbocycles. The van der Waals surface area contributed by atoms with Gasteiger partial charge in [-0.3, -0.25) is 4.40 Å². The number of imidazole rings is 1. The van der Waals surface area contributed by atoms with Crippen molar-refractivity contribution in [2.45, 2.75) is 32.7 Å². The van der Waals surface area contributed by atoms with E-state index < -0.39 is 0 Å². The molecule has 0 atom stereocenters. The Morgan fingerprint density at radius 1 is 1.06 bits per heavy atom. The summed E-state index contributed by atoms with van der Waals surface area (Å²) in [5.41, 5.74) is 2.48. The molecule has 0 aliphatic rings. The predicted octanol–water partition coefficient (Wildman–Crippen LogP) is 1.66. The highest BCUT2D eigenvalue weighted by Crippen LogP contribution is 2.14. The quantitative estimate of drug-likeness (QED) is 0.639. The van der Waals surface area contributed by atoms with Gasteiger partial charge in [0.15, 0.2) is 16.8 Å². The Morgan fingerprint density at radius 3 is 2.88 bits per heavy atom. The number of hydrogen-bond donors (Lipinski definition) is 0. The van der Waals surface area contributed by atoms with Crippen molar-refractivity contribution in [3.05, 3.63) is 19.0 Å². The SMILES string of the molecule is CCCCCn1cnc2c1ncn1cnnc21. The van der Waals surface area contributed by atoms with Crippen LogP contribution in [-0.4, -0.2) is 29.1 Å². The zero-order chi connectivity index (χ0) is 11.7. The van der Waals surface area contributed by atoms with Crippen LogP contribution in [-0.2, 0) is 6.54 Å². The van der Waals surface area contributed by atoms with E-state index in [-0.39, 0.29) is 0 Å². The molecule has 0 aliphatic carbocycles. The lowest BCUT2D eigenvalue weighted by Gasteiger charge is -2.02. The Hall–Kier alpha value is -1.98. The molecule has 3 rings (SSSR count). The highest BCUT2D eigenvalue weighted by molar-refractivity contribution is 5.84. The van der Waals surface area contributed by atoms with Crippen molar-refractivity contribution in [2.75, 3.05) is 0 Å². The maximum Gasteiger partial charge on any atom is 0.191 e. The van der Waals surface area contributed by atoms with Crippen LogP contribution in [0.4, 0.5) is 0 Å². The molecule has 0 amide bonds. The molecule has 17 heavy (non-hydrogen) atoms. The zero-order valence-electron chi connectivity index (χ0n) is 9.74. The predicted molar refractivity (Wildman–Crippen MR) is 63.6 cm³/mol. The Kier molecular flexibility index (Phi) is 2.47. The Labute approximate surface area is 98.3 Å². The van der Waals surface area contributed by atoms with Crippen molar-refractivity contribution < 1.29 is 0 Å². The van der Waals surface area contributed by atoms with E-state index in [4.69, 9.17) is 0 Å². The molecule has 88 valence electrons. The van der Waals surface area contributed by atoms with Gasteiger partial charge in [0, 0.05) is 6.54 Å². The number of rotatable bonds is 4. The summed E-state index contributed by atoms with van der Waals surface area (Å²) in [7, 11) is 0. The van der Waals surface area contributed by atoms with E-state index in [1.807, 2.05) is 6.33 Å². The minimum atomic E-state index is 0.768. The summed E-state index contributed by atoms with van der Waals surface area (Å²) < 4.78 is 3.87. The van der Waals surface area contributed by atoms with Crippen LogP contribution in [0.1, 0.15) is 26.2 Å². The molecule has 6 nitrogen and oxygen atoms in total. The standard InChI is InChI=1S/C11H14N6/c1-2-3-4-5-16-6-12-9-10(16)13-7-17-8-14-15-11(9)17/h6-8H,2-5H2,1H3. The van der Waals surface area contributed by atoms with E-state index in [1.54, 1.807) is 17.1 Å². The normalized spacial score (nSPS) is 11.6. The number of hydrogen-bond acceptors (Lipinski definition) is 4. The van der Waals surface area contributed by atoms with E-state index in [0.717, 1.165) is 29.8 Å². The molecule has 3 aromatic rings. The van der Waals surface area contributed by atoms with Gasteiger partial charge >= 0.3 is 0 Å². The summed E-state index contributed by atoms with van der Waals surface area (Å²) in [4.78, 5) is 8.78. The second kappa shape index (κ2) is 4.12. The van der Waals surface area contributed by atoms with Gasteiger partial charge in [-0.1, -0.05) is 19.8 Å². The van der Waals surface area contributed by atoms with Crippen molar-refractivity contribution >= 4 is 16.8 Å². The maximum absolute atomic E-state index is 4.40. The molecule has 6 heteroatoms. The molecular weight excluding hydrogens is 216 g/mol.